The van der Waals surface area contributed by atoms with Crippen LogP contribution in [0.3, 0.4) is 0 Å². The Hall–Kier alpha value is -3.33. The first-order chi connectivity index (χ1) is 13.6. The van der Waals surface area contributed by atoms with Gasteiger partial charge in [-0.15, -0.1) is 0 Å². The summed E-state index contributed by atoms with van der Waals surface area (Å²) in [5.41, 5.74) is 1.07. The Morgan fingerprint density at radius 1 is 0.857 bits per heavy atom. The van der Waals surface area contributed by atoms with Gasteiger partial charge in [0.25, 0.3) is 0 Å². The van der Waals surface area contributed by atoms with Crippen molar-refractivity contribution in [3.63, 3.8) is 0 Å². The molecule has 0 radical (unpaired) electrons. The van der Waals surface area contributed by atoms with Crippen LogP contribution in [0.5, 0.6) is 23.0 Å². The largest absolute Gasteiger partial charge is 0.493 e. The van der Waals surface area contributed by atoms with Gasteiger partial charge in [-0.3, -0.25) is 0 Å². The lowest BCUT2D eigenvalue weighted by atomic mass is 9.94. The average Bonchev–Trinajstić information content (AvgIpc) is 2.74. The van der Waals surface area contributed by atoms with Crippen molar-refractivity contribution < 1.29 is 18.9 Å². The van der Waals surface area contributed by atoms with Crippen LogP contribution in [0.1, 0.15) is 5.56 Å². The molecule has 0 spiro atoms. The van der Waals surface area contributed by atoms with Crippen LogP contribution < -0.4 is 18.9 Å². The van der Waals surface area contributed by atoms with Gasteiger partial charge in [0.2, 0.25) is 0 Å². The molecular weight excluding hydrogens is 356 g/mol. The zero-order valence-corrected chi connectivity index (χ0v) is 16.8. The Labute approximate surface area is 164 Å². The Kier molecular flexibility index (Phi) is 5.65. The van der Waals surface area contributed by atoms with Crippen LogP contribution in [0.4, 0.5) is 0 Å². The van der Waals surface area contributed by atoms with Crippen LogP contribution >= 0.6 is 0 Å². The van der Waals surface area contributed by atoms with Crippen LogP contribution in [0.25, 0.3) is 21.5 Å². The van der Waals surface area contributed by atoms with Gasteiger partial charge in [-0.1, -0.05) is 18.2 Å². The van der Waals surface area contributed by atoms with Crippen LogP contribution in [-0.2, 0) is 6.42 Å². The van der Waals surface area contributed by atoms with Gasteiger partial charge in [0.05, 0.1) is 28.4 Å². The fourth-order valence-electron chi connectivity index (χ4n) is 3.56. The number of nitriles is 1. The van der Waals surface area contributed by atoms with Crippen LogP contribution in [0.15, 0.2) is 30.3 Å². The highest BCUT2D eigenvalue weighted by Crippen LogP contribution is 2.47. The third-order valence-electron chi connectivity index (χ3n) is 4.94. The molecule has 0 bridgehead atoms. The van der Waals surface area contributed by atoms with Crippen molar-refractivity contribution in [1.82, 2.24) is 4.90 Å². The number of ether oxygens (including phenoxy) is 4. The number of hydrogen-bond donors (Lipinski definition) is 0. The summed E-state index contributed by atoms with van der Waals surface area (Å²) in [6, 6.07) is 10.0. The first-order valence-corrected chi connectivity index (χ1v) is 8.91. The highest BCUT2D eigenvalue weighted by Gasteiger charge is 2.20. The van der Waals surface area contributed by atoms with Gasteiger partial charge < -0.3 is 23.8 Å². The molecule has 0 saturated carbocycles. The first kappa shape index (κ1) is 19.4. The van der Waals surface area contributed by atoms with Gasteiger partial charge in [-0.25, -0.2) is 0 Å². The molecule has 28 heavy (non-hydrogen) atoms. The second-order valence-electron chi connectivity index (χ2n) is 6.43. The molecule has 0 N–H and O–H groups in total. The molecule has 0 amide bonds. The lowest BCUT2D eigenvalue weighted by Crippen LogP contribution is -2.14. The van der Waals surface area contributed by atoms with Gasteiger partial charge in [0.15, 0.2) is 29.2 Å². The number of benzene rings is 3. The van der Waals surface area contributed by atoms with E-state index in [1.54, 1.807) is 40.4 Å². The Morgan fingerprint density at radius 2 is 1.50 bits per heavy atom. The van der Waals surface area contributed by atoms with Crippen LogP contribution in [0.2, 0.25) is 0 Å². The number of fused-ring (bicyclic) bond motifs is 3. The molecule has 0 fully saturated rings. The van der Waals surface area contributed by atoms with E-state index in [-0.39, 0.29) is 0 Å². The maximum Gasteiger partial charge on any atom is 0.179 e. The van der Waals surface area contributed by atoms with Crippen molar-refractivity contribution >= 4 is 21.5 Å². The maximum absolute atomic E-state index is 9.08. The highest BCUT2D eigenvalue weighted by molar-refractivity contribution is 6.16. The molecule has 0 unspecified atom stereocenters. The summed E-state index contributed by atoms with van der Waals surface area (Å²) in [5, 5.41) is 12.9. The smallest absolute Gasteiger partial charge is 0.179 e. The van der Waals surface area contributed by atoms with Gasteiger partial charge in [0.1, 0.15) is 0 Å². The molecular formula is C22H24N2O4. The summed E-state index contributed by atoms with van der Waals surface area (Å²) in [6.45, 7) is 0.606. The number of rotatable bonds is 7. The van der Waals surface area contributed by atoms with E-state index >= 15 is 0 Å². The zero-order valence-electron chi connectivity index (χ0n) is 16.8. The van der Waals surface area contributed by atoms with Crippen LogP contribution in [0, 0.1) is 11.5 Å². The molecule has 3 rings (SSSR count). The van der Waals surface area contributed by atoms with E-state index in [1.165, 1.54) is 0 Å². The van der Waals surface area contributed by atoms with E-state index in [0.29, 0.717) is 36.0 Å². The normalized spacial score (nSPS) is 10.6. The Bertz CT molecular complexity index is 1060. The molecule has 146 valence electrons. The number of nitrogens with zero attached hydrogens (tertiary/aromatic N) is 2. The minimum Gasteiger partial charge on any atom is -0.493 e. The molecule has 0 atom stereocenters. The maximum atomic E-state index is 9.08. The van der Waals surface area contributed by atoms with Crippen molar-refractivity contribution in [1.29, 1.82) is 5.26 Å². The Morgan fingerprint density at radius 3 is 2.11 bits per heavy atom. The summed E-state index contributed by atoms with van der Waals surface area (Å²) in [7, 11) is 8.28. The minimum absolute atomic E-state index is 0.606. The molecule has 6 heteroatoms. The first-order valence-electron chi connectivity index (χ1n) is 8.91. The Balaban J connectivity index is 2.42. The summed E-state index contributed by atoms with van der Waals surface area (Å²) >= 11 is 0. The topological polar surface area (TPSA) is 64.0 Å². The third-order valence-corrected chi connectivity index (χ3v) is 4.94. The van der Waals surface area contributed by atoms with E-state index in [4.69, 9.17) is 24.2 Å². The predicted molar refractivity (Wildman–Crippen MR) is 110 cm³/mol. The standard InChI is InChI=1S/C22H24N2O4/c1-24(13-23)11-10-15-12-18(26-3)22(28-5)20-16(15)8-6-14-7-9-17(25-2)21(27-4)19(14)20/h6-9,12H,10-11H2,1-5H3. The number of methoxy groups -OCH3 is 4. The van der Waals surface area contributed by atoms with Crippen LogP contribution in [-0.4, -0.2) is 46.9 Å². The van der Waals surface area contributed by atoms with Crippen molar-refractivity contribution in [3.05, 3.63) is 35.9 Å². The van der Waals surface area contributed by atoms with Crippen molar-refractivity contribution in [2.24, 2.45) is 0 Å². The fraction of sp³-hybridized carbons (Fsp3) is 0.318. The molecule has 3 aromatic rings. The van der Waals surface area contributed by atoms with Crippen molar-refractivity contribution in [3.8, 4) is 29.2 Å². The summed E-state index contributed by atoms with van der Waals surface area (Å²) < 4.78 is 22.6. The summed E-state index contributed by atoms with van der Waals surface area (Å²) in [4.78, 5) is 1.60. The average molecular weight is 380 g/mol. The minimum atomic E-state index is 0.606. The lowest BCUT2D eigenvalue weighted by molar-refractivity contribution is 0.356. The quantitative estimate of drug-likeness (QED) is 0.351. The van der Waals surface area contributed by atoms with Gasteiger partial charge in [0, 0.05) is 24.4 Å². The number of hydrogen-bond acceptors (Lipinski definition) is 6. The van der Waals surface area contributed by atoms with E-state index in [9.17, 15) is 0 Å². The SMILES string of the molecule is COc1ccc2ccc3c(CCN(C)C#N)cc(OC)c(OC)c3c2c1OC. The van der Waals surface area contributed by atoms with Gasteiger partial charge in [-0.05, 0) is 34.9 Å². The molecule has 0 aliphatic heterocycles. The molecule has 0 aromatic heterocycles. The van der Waals surface area contributed by atoms with E-state index in [1.807, 2.05) is 18.2 Å². The second kappa shape index (κ2) is 8.13. The molecule has 0 saturated heterocycles. The highest BCUT2D eigenvalue weighted by atomic mass is 16.5. The van der Waals surface area contributed by atoms with Crippen molar-refractivity contribution in [2.75, 3.05) is 42.0 Å². The van der Waals surface area contributed by atoms with Gasteiger partial charge in [-0.2, -0.15) is 5.26 Å². The summed E-state index contributed by atoms with van der Waals surface area (Å²) in [5.74, 6) is 2.59. The lowest BCUT2D eigenvalue weighted by Gasteiger charge is -2.19. The van der Waals surface area contributed by atoms with Crippen molar-refractivity contribution in [2.45, 2.75) is 6.42 Å². The number of likely N-dealkylation sites (N-methyl/N-ethyl adjacent to an activating group) is 1. The van der Waals surface area contributed by atoms with E-state index in [0.717, 1.165) is 27.1 Å². The molecule has 0 aliphatic carbocycles. The molecule has 6 nitrogen and oxygen atoms in total. The zero-order chi connectivity index (χ0) is 20.3. The molecule has 3 aromatic carbocycles. The molecule has 0 heterocycles. The van der Waals surface area contributed by atoms with E-state index in [2.05, 4.69) is 18.3 Å². The molecule has 0 aliphatic rings. The predicted octanol–water partition coefficient (Wildman–Crippen LogP) is 3.98. The third kappa shape index (κ3) is 3.20. The monoisotopic (exact) mass is 380 g/mol. The summed E-state index contributed by atoms with van der Waals surface area (Å²) in [6.07, 6.45) is 2.83. The van der Waals surface area contributed by atoms with E-state index < -0.39 is 0 Å². The fourth-order valence-corrected chi connectivity index (χ4v) is 3.56. The second-order valence-corrected chi connectivity index (χ2v) is 6.43. The van der Waals surface area contributed by atoms with Gasteiger partial charge >= 0.3 is 0 Å².